The monoisotopic (exact) mass is 227 g/mol. The van der Waals surface area contributed by atoms with Crippen molar-refractivity contribution in [3.8, 4) is 0 Å². The van der Waals surface area contributed by atoms with Crippen molar-refractivity contribution in [3.63, 3.8) is 0 Å². The zero-order chi connectivity index (χ0) is 12.0. The van der Waals surface area contributed by atoms with E-state index in [0.717, 1.165) is 0 Å². The summed E-state index contributed by atoms with van der Waals surface area (Å²) in [4.78, 5) is 21.9. The van der Waals surface area contributed by atoms with Crippen molar-refractivity contribution in [3.05, 3.63) is 12.2 Å². The summed E-state index contributed by atoms with van der Waals surface area (Å²) in [7, 11) is 0. The van der Waals surface area contributed by atoms with Crippen LogP contribution >= 0.6 is 0 Å². The van der Waals surface area contributed by atoms with Gasteiger partial charge < -0.3 is 21.5 Å². The van der Waals surface area contributed by atoms with E-state index in [1.807, 2.05) is 12.2 Å². The lowest BCUT2D eigenvalue weighted by atomic mass is 10.1. The van der Waals surface area contributed by atoms with E-state index in [0.29, 0.717) is 13.0 Å². The van der Waals surface area contributed by atoms with Crippen molar-refractivity contribution in [2.75, 3.05) is 19.8 Å². The fourth-order valence-electron chi connectivity index (χ4n) is 1.47. The number of carbonyl (C=O) groups excluding carboxylic acids is 2. The standard InChI is InChI=1S/C10H17N3O3/c11-8-2-1-7(5-8)10(15)13-3-4-16-6-9(12)14/h1-2,7-8H,3-6,11H2,(H2,12,14)(H,13,15). The van der Waals surface area contributed by atoms with Gasteiger partial charge in [-0.1, -0.05) is 12.2 Å². The molecule has 0 saturated heterocycles. The van der Waals surface area contributed by atoms with Gasteiger partial charge in [0.05, 0.1) is 12.5 Å². The van der Waals surface area contributed by atoms with Crippen LogP contribution in [0.5, 0.6) is 0 Å². The number of primary amides is 1. The first-order chi connectivity index (χ1) is 7.59. The normalized spacial score (nSPS) is 23.3. The van der Waals surface area contributed by atoms with E-state index in [1.54, 1.807) is 0 Å². The maximum absolute atomic E-state index is 11.5. The fourth-order valence-corrected chi connectivity index (χ4v) is 1.47. The van der Waals surface area contributed by atoms with Crippen LogP contribution in [-0.4, -0.2) is 37.6 Å². The van der Waals surface area contributed by atoms with Gasteiger partial charge in [0.1, 0.15) is 6.61 Å². The molecule has 90 valence electrons. The van der Waals surface area contributed by atoms with Gasteiger partial charge >= 0.3 is 0 Å². The molecule has 1 aliphatic rings. The molecule has 1 rings (SSSR count). The molecule has 6 nitrogen and oxygen atoms in total. The summed E-state index contributed by atoms with van der Waals surface area (Å²) in [6.45, 7) is 0.521. The molecule has 0 aromatic carbocycles. The Morgan fingerprint density at radius 1 is 1.44 bits per heavy atom. The number of nitrogens with one attached hydrogen (secondary N) is 1. The highest BCUT2D eigenvalue weighted by Crippen LogP contribution is 2.15. The summed E-state index contributed by atoms with van der Waals surface area (Å²) in [6.07, 6.45) is 4.28. The highest BCUT2D eigenvalue weighted by atomic mass is 16.5. The number of carbonyl (C=O) groups is 2. The molecule has 2 amide bonds. The Morgan fingerprint density at radius 2 is 2.19 bits per heavy atom. The molecule has 0 radical (unpaired) electrons. The summed E-state index contributed by atoms with van der Waals surface area (Å²) < 4.78 is 4.90. The quantitative estimate of drug-likeness (QED) is 0.379. The highest BCUT2D eigenvalue weighted by molar-refractivity contribution is 5.81. The van der Waals surface area contributed by atoms with Gasteiger partial charge in [0.25, 0.3) is 0 Å². The van der Waals surface area contributed by atoms with Crippen LogP contribution in [0.3, 0.4) is 0 Å². The van der Waals surface area contributed by atoms with Gasteiger partial charge in [0.2, 0.25) is 11.8 Å². The summed E-state index contributed by atoms with van der Waals surface area (Å²) >= 11 is 0. The van der Waals surface area contributed by atoms with Crippen molar-refractivity contribution in [2.24, 2.45) is 17.4 Å². The van der Waals surface area contributed by atoms with Crippen molar-refractivity contribution in [1.29, 1.82) is 0 Å². The van der Waals surface area contributed by atoms with Crippen LogP contribution in [0.2, 0.25) is 0 Å². The summed E-state index contributed by atoms with van der Waals surface area (Å²) in [5, 5.41) is 2.70. The molecule has 2 atom stereocenters. The lowest BCUT2D eigenvalue weighted by Gasteiger charge is -2.10. The Labute approximate surface area is 94.0 Å². The molecule has 0 heterocycles. The largest absolute Gasteiger partial charge is 0.370 e. The van der Waals surface area contributed by atoms with Crippen molar-refractivity contribution in [1.82, 2.24) is 5.32 Å². The molecular formula is C10H17N3O3. The van der Waals surface area contributed by atoms with Gasteiger partial charge in [-0.25, -0.2) is 0 Å². The van der Waals surface area contributed by atoms with Gasteiger partial charge in [-0.3, -0.25) is 9.59 Å². The number of ether oxygens (including phenoxy) is 1. The van der Waals surface area contributed by atoms with E-state index >= 15 is 0 Å². The van der Waals surface area contributed by atoms with Crippen LogP contribution in [0.15, 0.2) is 12.2 Å². The minimum Gasteiger partial charge on any atom is -0.370 e. The summed E-state index contributed by atoms with van der Waals surface area (Å²) in [6, 6.07) is -0.0261. The van der Waals surface area contributed by atoms with E-state index in [4.69, 9.17) is 16.2 Å². The van der Waals surface area contributed by atoms with E-state index in [1.165, 1.54) is 0 Å². The van der Waals surface area contributed by atoms with Crippen LogP contribution < -0.4 is 16.8 Å². The van der Waals surface area contributed by atoms with Gasteiger partial charge in [-0.15, -0.1) is 0 Å². The van der Waals surface area contributed by atoms with Gasteiger partial charge in [0.15, 0.2) is 0 Å². The fraction of sp³-hybridized carbons (Fsp3) is 0.600. The second kappa shape index (κ2) is 6.24. The van der Waals surface area contributed by atoms with Crippen molar-refractivity contribution in [2.45, 2.75) is 12.5 Å². The zero-order valence-corrected chi connectivity index (χ0v) is 9.02. The number of hydrogen-bond donors (Lipinski definition) is 3. The predicted octanol–water partition coefficient (Wildman–Crippen LogP) is -1.49. The molecule has 0 aromatic rings. The van der Waals surface area contributed by atoms with Crippen LogP contribution in [0.4, 0.5) is 0 Å². The van der Waals surface area contributed by atoms with Crippen LogP contribution in [-0.2, 0) is 14.3 Å². The molecule has 6 heteroatoms. The smallest absolute Gasteiger partial charge is 0.243 e. The third-order valence-corrected chi connectivity index (χ3v) is 2.24. The van der Waals surface area contributed by atoms with Crippen LogP contribution in [0.25, 0.3) is 0 Å². The molecule has 16 heavy (non-hydrogen) atoms. The van der Waals surface area contributed by atoms with Crippen molar-refractivity contribution >= 4 is 11.8 Å². The number of nitrogens with two attached hydrogens (primary N) is 2. The van der Waals surface area contributed by atoms with Crippen LogP contribution in [0.1, 0.15) is 6.42 Å². The summed E-state index contributed by atoms with van der Waals surface area (Å²) in [5.74, 6) is -0.728. The molecule has 5 N–H and O–H groups in total. The highest BCUT2D eigenvalue weighted by Gasteiger charge is 2.21. The molecule has 0 spiro atoms. The molecule has 0 bridgehead atoms. The first-order valence-electron chi connectivity index (χ1n) is 5.17. The Morgan fingerprint density at radius 3 is 2.75 bits per heavy atom. The average Bonchev–Trinajstić information content (AvgIpc) is 2.63. The predicted molar refractivity (Wildman–Crippen MR) is 58.2 cm³/mol. The number of rotatable bonds is 6. The SMILES string of the molecule is NC(=O)COCCNC(=O)C1C=CC(N)C1. The molecule has 0 fully saturated rings. The van der Waals surface area contributed by atoms with E-state index in [9.17, 15) is 9.59 Å². The first-order valence-corrected chi connectivity index (χ1v) is 5.17. The number of amides is 2. The molecular weight excluding hydrogens is 210 g/mol. The molecule has 0 aliphatic heterocycles. The Kier molecular flexibility index (Phi) is 4.94. The lowest BCUT2D eigenvalue weighted by Crippen LogP contribution is -2.33. The van der Waals surface area contributed by atoms with Gasteiger partial charge in [0, 0.05) is 12.6 Å². The van der Waals surface area contributed by atoms with E-state index < -0.39 is 5.91 Å². The van der Waals surface area contributed by atoms with Crippen molar-refractivity contribution < 1.29 is 14.3 Å². The molecule has 2 unspecified atom stereocenters. The third kappa shape index (κ3) is 4.41. The maximum Gasteiger partial charge on any atom is 0.243 e. The molecule has 0 saturated carbocycles. The van der Waals surface area contributed by atoms with Gasteiger partial charge in [-0.2, -0.15) is 0 Å². The van der Waals surface area contributed by atoms with E-state index in [-0.39, 0.29) is 31.1 Å². The lowest BCUT2D eigenvalue weighted by molar-refractivity contribution is -0.124. The average molecular weight is 227 g/mol. The topological polar surface area (TPSA) is 107 Å². The Hall–Kier alpha value is -1.40. The Bertz CT molecular complexity index is 291. The second-order valence-electron chi connectivity index (χ2n) is 3.70. The minimum absolute atomic E-state index is 0.0261. The zero-order valence-electron chi connectivity index (χ0n) is 9.02. The first kappa shape index (κ1) is 12.7. The third-order valence-electron chi connectivity index (χ3n) is 2.24. The number of hydrogen-bond acceptors (Lipinski definition) is 4. The molecule has 1 aliphatic carbocycles. The Balaban J connectivity index is 2.07. The maximum atomic E-state index is 11.5. The van der Waals surface area contributed by atoms with Gasteiger partial charge in [-0.05, 0) is 6.42 Å². The second-order valence-corrected chi connectivity index (χ2v) is 3.70. The summed E-state index contributed by atoms with van der Waals surface area (Å²) in [5.41, 5.74) is 10.5. The van der Waals surface area contributed by atoms with E-state index in [2.05, 4.69) is 5.32 Å². The molecule has 0 aromatic heterocycles. The minimum atomic E-state index is -0.518. The van der Waals surface area contributed by atoms with Crippen LogP contribution in [0, 0.1) is 5.92 Å².